The van der Waals surface area contributed by atoms with E-state index in [1.54, 1.807) is 12.1 Å². The summed E-state index contributed by atoms with van der Waals surface area (Å²) in [5.74, 6) is -0.261. The molecule has 0 spiro atoms. The molecule has 0 radical (unpaired) electrons. The van der Waals surface area contributed by atoms with Crippen LogP contribution in [0.3, 0.4) is 0 Å². The number of carbonyl (C=O) groups excluding carboxylic acids is 2. The molecule has 0 saturated carbocycles. The first-order valence-electron chi connectivity index (χ1n) is 8.35. The van der Waals surface area contributed by atoms with Crippen molar-refractivity contribution in [1.29, 1.82) is 0 Å². The number of anilines is 1. The summed E-state index contributed by atoms with van der Waals surface area (Å²) in [6.07, 6.45) is 1.37. The van der Waals surface area contributed by atoms with Crippen LogP contribution >= 0.6 is 0 Å². The summed E-state index contributed by atoms with van der Waals surface area (Å²) < 4.78 is 13.0. The van der Waals surface area contributed by atoms with Crippen molar-refractivity contribution in [3.8, 4) is 0 Å². The number of halogens is 1. The quantitative estimate of drug-likeness (QED) is 0.769. The first kappa shape index (κ1) is 18.2. The topological polar surface area (TPSA) is 78.7 Å². The number of nitrogens with two attached hydrogens (primary N) is 1. The minimum absolute atomic E-state index is 0.0490. The Balaban J connectivity index is 1.69. The molecule has 6 nitrogen and oxygen atoms in total. The lowest BCUT2D eigenvalue weighted by Crippen LogP contribution is -2.49. The second-order valence-corrected chi connectivity index (χ2v) is 5.84. The van der Waals surface area contributed by atoms with Crippen LogP contribution in [0.5, 0.6) is 0 Å². The Hall–Kier alpha value is -2.15. The highest BCUT2D eigenvalue weighted by molar-refractivity contribution is 5.79. The number of amides is 2. The molecule has 0 aromatic heterocycles. The van der Waals surface area contributed by atoms with E-state index in [1.807, 2.05) is 4.90 Å². The number of hydrogen-bond donors (Lipinski definition) is 2. The number of hydrogen-bond acceptors (Lipinski definition) is 4. The number of piperazine rings is 1. The zero-order valence-electron chi connectivity index (χ0n) is 13.8. The van der Waals surface area contributed by atoms with Crippen LogP contribution in [-0.4, -0.2) is 56.0 Å². The fourth-order valence-corrected chi connectivity index (χ4v) is 2.68. The monoisotopic (exact) mass is 336 g/mol. The van der Waals surface area contributed by atoms with Gasteiger partial charge in [0.05, 0.1) is 0 Å². The van der Waals surface area contributed by atoms with E-state index >= 15 is 0 Å². The predicted molar refractivity (Wildman–Crippen MR) is 91.1 cm³/mol. The molecule has 1 aliphatic rings. The van der Waals surface area contributed by atoms with Crippen molar-refractivity contribution in [3.63, 3.8) is 0 Å². The van der Waals surface area contributed by atoms with Gasteiger partial charge in [0.15, 0.2) is 0 Å². The lowest BCUT2D eigenvalue weighted by molar-refractivity contribution is -0.131. The van der Waals surface area contributed by atoms with E-state index in [-0.39, 0.29) is 17.6 Å². The fourth-order valence-electron chi connectivity index (χ4n) is 2.68. The lowest BCUT2D eigenvalue weighted by Gasteiger charge is -2.36. The first-order valence-corrected chi connectivity index (χ1v) is 8.35. The van der Waals surface area contributed by atoms with Crippen molar-refractivity contribution in [2.45, 2.75) is 19.3 Å². The normalized spacial score (nSPS) is 14.6. The van der Waals surface area contributed by atoms with Crippen molar-refractivity contribution >= 4 is 17.5 Å². The van der Waals surface area contributed by atoms with E-state index in [0.29, 0.717) is 45.4 Å². The predicted octanol–water partition coefficient (Wildman–Crippen LogP) is 0.719. The standard InChI is InChI=1S/C17H25FN4O2/c18-14-3-5-15(6-4-14)21-10-12-22(13-11-21)17(24)7-9-20-16(23)2-1-8-19/h3-6H,1-2,7-13,19H2,(H,20,23). The third kappa shape index (κ3) is 5.49. The highest BCUT2D eigenvalue weighted by Crippen LogP contribution is 2.17. The highest BCUT2D eigenvalue weighted by Gasteiger charge is 2.21. The SMILES string of the molecule is NCCCC(=O)NCCC(=O)N1CCN(c2ccc(F)cc2)CC1. The van der Waals surface area contributed by atoms with Crippen LogP contribution < -0.4 is 16.0 Å². The van der Waals surface area contributed by atoms with E-state index in [1.165, 1.54) is 12.1 Å². The van der Waals surface area contributed by atoms with E-state index in [2.05, 4.69) is 10.2 Å². The highest BCUT2D eigenvalue weighted by atomic mass is 19.1. The van der Waals surface area contributed by atoms with Gasteiger partial charge in [-0.15, -0.1) is 0 Å². The van der Waals surface area contributed by atoms with E-state index < -0.39 is 0 Å². The van der Waals surface area contributed by atoms with Crippen LogP contribution in [0.25, 0.3) is 0 Å². The molecule has 0 bridgehead atoms. The molecule has 0 aliphatic carbocycles. The van der Waals surface area contributed by atoms with Crippen molar-refractivity contribution < 1.29 is 14.0 Å². The van der Waals surface area contributed by atoms with Gasteiger partial charge in [-0.25, -0.2) is 4.39 Å². The molecule has 2 rings (SSSR count). The largest absolute Gasteiger partial charge is 0.368 e. The molecule has 1 saturated heterocycles. The van der Waals surface area contributed by atoms with Gasteiger partial charge in [-0.2, -0.15) is 0 Å². The molecule has 0 unspecified atom stereocenters. The third-order valence-corrected chi connectivity index (χ3v) is 4.09. The molecule has 3 N–H and O–H groups in total. The first-order chi connectivity index (χ1) is 11.6. The van der Waals surface area contributed by atoms with Crippen LogP contribution in [0.1, 0.15) is 19.3 Å². The molecular formula is C17H25FN4O2. The molecular weight excluding hydrogens is 311 g/mol. The molecule has 7 heteroatoms. The van der Waals surface area contributed by atoms with Crippen molar-refractivity contribution in [3.05, 3.63) is 30.1 Å². The van der Waals surface area contributed by atoms with Crippen molar-refractivity contribution in [2.75, 3.05) is 44.2 Å². The Labute approximate surface area is 141 Å². The molecule has 2 amide bonds. The maximum absolute atomic E-state index is 13.0. The smallest absolute Gasteiger partial charge is 0.224 e. The maximum atomic E-state index is 13.0. The zero-order valence-corrected chi connectivity index (χ0v) is 13.8. The van der Waals surface area contributed by atoms with E-state index in [0.717, 1.165) is 18.8 Å². The Morgan fingerprint density at radius 1 is 1.08 bits per heavy atom. The Kier molecular flexibility index (Phi) is 6.99. The van der Waals surface area contributed by atoms with Gasteiger partial charge in [-0.05, 0) is 37.2 Å². The van der Waals surface area contributed by atoms with Crippen LogP contribution in [0.2, 0.25) is 0 Å². The second kappa shape index (κ2) is 9.22. The van der Waals surface area contributed by atoms with Gasteiger partial charge < -0.3 is 20.9 Å². The van der Waals surface area contributed by atoms with Gasteiger partial charge in [-0.1, -0.05) is 0 Å². The molecule has 1 fully saturated rings. The maximum Gasteiger partial charge on any atom is 0.224 e. The summed E-state index contributed by atoms with van der Waals surface area (Å²) in [7, 11) is 0. The Morgan fingerprint density at radius 2 is 1.75 bits per heavy atom. The molecule has 0 atom stereocenters. The van der Waals surface area contributed by atoms with Gasteiger partial charge in [0.25, 0.3) is 0 Å². The number of nitrogens with zero attached hydrogens (tertiary/aromatic N) is 2. The summed E-state index contributed by atoms with van der Waals surface area (Å²) in [6.45, 7) is 3.57. The Morgan fingerprint density at radius 3 is 2.38 bits per heavy atom. The molecule has 1 heterocycles. The van der Waals surface area contributed by atoms with Gasteiger partial charge in [0, 0.05) is 51.3 Å². The van der Waals surface area contributed by atoms with Gasteiger partial charge >= 0.3 is 0 Å². The lowest BCUT2D eigenvalue weighted by atomic mass is 10.2. The van der Waals surface area contributed by atoms with Crippen LogP contribution in [0.15, 0.2) is 24.3 Å². The molecule has 1 aromatic carbocycles. The number of nitrogens with one attached hydrogen (secondary N) is 1. The minimum atomic E-state index is -0.249. The third-order valence-electron chi connectivity index (χ3n) is 4.09. The molecule has 1 aliphatic heterocycles. The molecule has 24 heavy (non-hydrogen) atoms. The summed E-state index contributed by atoms with van der Waals surface area (Å²) in [5, 5.41) is 2.74. The van der Waals surface area contributed by atoms with Crippen molar-refractivity contribution in [2.24, 2.45) is 5.73 Å². The van der Waals surface area contributed by atoms with Crippen molar-refractivity contribution in [1.82, 2.24) is 10.2 Å². The van der Waals surface area contributed by atoms with Crippen LogP contribution in [0, 0.1) is 5.82 Å². The van der Waals surface area contributed by atoms with Gasteiger partial charge in [-0.3, -0.25) is 9.59 Å². The zero-order chi connectivity index (χ0) is 17.4. The number of rotatable bonds is 7. The van der Waals surface area contributed by atoms with Gasteiger partial charge in [0.2, 0.25) is 11.8 Å². The fraction of sp³-hybridized carbons (Fsp3) is 0.529. The Bertz CT molecular complexity index is 542. The number of carbonyl (C=O) groups is 2. The molecule has 1 aromatic rings. The van der Waals surface area contributed by atoms with Crippen LogP contribution in [-0.2, 0) is 9.59 Å². The van der Waals surface area contributed by atoms with E-state index in [4.69, 9.17) is 5.73 Å². The summed E-state index contributed by atoms with van der Waals surface area (Å²) in [6, 6.07) is 6.40. The second-order valence-electron chi connectivity index (χ2n) is 5.84. The summed E-state index contributed by atoms with van der Waals surface area (Å²) >= 11 is 0. The average Bonchev–Trinajstić information content (AvgIpc) is 2.60. The van der Waals surface area contributed by atoms with Crippen LogP contribution in [0.4, 0.5) is 10.1 Å². The van der Waals surface area contributed by atoms with E-state index in [9.17, 15) is 14.0 Å². The number of benzene rings is 1. The molecule has 132 valence electrons. The minimum Gasteiger partial charge on any atom is -0.368 e. The average molecular weight is 336 g/mol. The summed E-state index contributed by atoms with van der Waals surface area (Å²) in [4.78, 5) is 27.6. The summed E-state index contributed by atoms with van der Waals surface area (Å²) in [5.41, 5.74) is 6.32. The van der Waals surface area contributed by atoms with Gasteiger partial charge in [0.1, 0.15) is 5.82 Å².